The van der Waals surface area contributed by atoms with Gasteiger partial charge >= 0.3 is 0 Å². The quantitative estimate of drug-likeness (QED) is 0.597. The van der Waals surface area contributed by atoms with Gasteiger partial charge in [-0.1, -0.05) is 42.5 Å². The number of carbonyl (C=O) groups is 1. The molecule has 1 atom stereocenters. The number of hydrogen-bond acceptors (Lipinski definition) is 4. The first-order valence-corrected chi connectivity index (χ1v) is 8.36. The predicted octanol–water partition coefficient (Wildman–Crippen LogP) is 4.38. The average molecular weight is 343 g/mol. The van der Waals surface area contributed by atoms with Gasteiger partial charge in [0.25, 0.3) is 5.91 Å². The number of rotatable bonds is 4. The van der Waals surface area contributed by atoms with Crippen molar-refractivity contribution in [3.8, 4) is 11.3 Å². The molecule has 0 aliphatic rings. The van der Waals surface area contributed by atoms with E-state index in [1.54, 1.807) is 12.4 Å². The van der Waals surface area contributed by atoms with Gasteiger partial charge in [0.2, 0.25) is 0 Å². The second kappa shape index (κ2) is 6.80. The SMILES string of the molecule is C[C@@H](NC(=O)c1ncoc1-c1ccc2ccccc2c1)c1cccnc1. The van der Waals surface area contributed by atoms with E-state index in [9.17, 15) is 4.79 Å². The van der Waals surface area contributed by atoms with E-state index in [1.807, 2.05) is 61.5 Å². The highest BCUT2D eigenvalue weighted by Gasteiger charge is 2.20. The Balaban J connectivity index is 1.62. The summed E-state index contributed by atoms with van der Waals surface area (Å²) < 4.78 is 5.52. The van der Waals surface area contributed by atoms with Gasteiger partial charge in [-0.3, -0.25) is 9.78 Å². The second-order valence-corrected chi connectivity index (χ2v) is 6.07. The van der Waals surface area contributed by atoms with Crippen molar-refractivity contribution in [3.05, 3.63) is 84.6 Å². The standard InChI is InChI=1S/C21H17N3O2/c1-14(18-7-4-10-22-12-18)24-21(25)19-20(26-13-23-19)17-9-8-15-5-2-3-6-16(15)11-17/h2-14H,1H3,(H,24,25)/t14-/m1/s1. The second-order valence-electron chi connectivity index (χ2n) is 6.07. The third-order valence-electron chi connectivity index (χ3n) is 4.33. The fourth-order valence-electron chi connectivity index (χ4n) is 2.92. The summed E-state index contributed by atoms with van der Waals surface area (Å²) in [6.07, 6.45) is 4.74. The molecule has 128 valence electrons. The Morgan fingerprint density at radius 3 is 2.73 bits per heavy atom. The molecule has 0 spiro atoms. The third-order valence-corrected chi connectivity index (χ3v) is 4.33. The maximum absolute atomic E-state index is 12.7. The largest absolute Gasteiger partial charge is 0.443 e. The van der Waals surface area contributed by atoms with E-state index >= 15 is 0 Å². The van der Waals surface area contributed by atoms with Crippen LogP contribution in [0.1, 0.15) is 29.0 Å². The lowest BCUT2D eigenvalue weighted by molar-refractivity contribution is 0.0935. The molecule has 4 aromatic rings. The minimum atomic E-state index is -0.279. The number of fused-ring (bicyclic) bond motifs is 1. The van der Waals surface area contributed by atoms with Gasteiger partial charge in [-0.15, -0.1) is 0 Å². The summed E-state index contributed by atoms with van der Waals surface area (Å²) in [4.78, 5) is 20.9. The Hall–Kier alpha value is -3.47. The smallest absolute Gasteiger partial charge is 0.274 e. The molecule has 1 amide bonds. The van der Waals surface area contributed by atoms with E-state index in [1.165, 1.54) is 6.39 Å². The molecule has 5 heteroatoms. The van der Waals surface area contributed by atoms with Gasteiger partial charge in [0.05, 0.1) is 6.04 Å². The summed E-state index contributed by atoms with van der Waals surface area (Å²) in [6, 6.07) is 17.6. The van der Waals surface area contributed by atoms with E-state index in [4.69, 9.17) is 4.42 Å². The van der Waals surface area contributed by atoms with E-state index in [0.717, 1.165) is 21.9 Å². The van der Waals surface area contributed by atoms with Crippen LogP contribution in [-0.4, -0.2) is 15.9 Å². The Labute approximate surface area is 150 Å². The average Bonchev–Trinajstić information content (AvgIpc) is 3.18. The summed E-state index contributed by atoms with van der Waals surface area (Å²) in [5, 5.41) is 5.16. The molecule has 0 fully saturated rings. The lowest BCUT2D eigenvalue weighted by Crippen LogP contribution is -2.27. The van der Waals surface area contributed by atoms with Crippen molar-refractivity contribution >= 4 is 16.7 Å². The van der Waals surface area contributed by atoms with Crippen molar-refractivity contribution in [1.29, 1.82) is 0 Å². The Bertz CT molecular complexity index is 1060. The lowest BCUT2D eigenvalue weighted by Gasteiger charge is -2.13. The molecule has 0 radical (unpaired) electrons. The predicted molar refractivity (Wildman–Crippen MR) is 99.6 cm³/mol. The number of benzene rings is 2. The van der Waals surface area contributed by atoms with Crippen molar-refractivity contribution in [1.82, 2.24) is 15.3 Å². The zero-order chi connectivity index (χ0) is 17.9. The Morgan fingerprint density at radius 2 is 1.92 bits per heavy atom. The number of hydrogen-bond donors (Lipinski definition) is 1. The lowest BCUT2D eigenvalue weighted by atomic mass is 10.0. The Kier molecular flexibility index (Phi) is 4.19. The van der Waals surface area contributed by atoms with Crippen LogP contribution in [0.15, 0.2) is 77.8 Å². The van der Waals surface area contributed by atoms with Crippen molar-refractivity contribution < 1.29 is 9.21 Å². The molecule has 0 bridgehead atoms. The molecule has 0 saturated carbocycles. The molecule has 2 aromatic heterocycles. The van der Waals surface area contributed by atoms with Gasteiger partial charge in [0.15, 0.2) is 17.8 Å². The minimum Gasteiger partial charge on any atom is -0.443 e. The molecule has 26 heavy (non-hydrogen) atoms. The molecule has 0 unspecified atom stereocenters. The number of nitrogens with one attached hydrogen (secondary N) is 1. The zero-order valence-corrected chi connectivity index (χ0v) is 14.2. The fraction of sp³-hybridized carbons (Fsp3) is 0.0952. The van der Waals surface area contributed by atoms with Gasteiger partial charge < -0.3 is 9.73 Å². The normalized spacial score (nSPS) is 12.0. The van der Waals surface area contributed by atoms with Crippen molar-refractivity contribution in [3.63, 3.8) is 0 Å². The van der Waals surface area contributed by atoms with Gasteiger partial charge in [-0.25, -0.2) is 4.98 Å². The maximum atomic E-state index is 12.7. The molecule has 0 aliphatic heterocycles. The van der Waals surface area contributed by atoms with Crippen LogP contribution in [0, 0.1) is 0 Å². The van der Waals surface area contributed by atoms with Crippen LogP contribution in [0.3, 0.4) is 0 Å². The molecule has 2 aromatic carbocycles. The van der Waals surface area contributed by atoms with Crippen molar-refractivity contribution in [2.24, 2.45) is 0 Å². The molecule has 5 nitrogen and oxygen atoms in total. The zero-order valence-electron chi connectivity index (χ0n) is 14.2. The van der Waals surface area contributed by atoms with Crippen LogP contribution >= 0.6 is 0 Å². The van der Waals surface area contributed by atoms with E-state index < -0.39 is 0 Å². The fourth-order valence-corrected chi connectivity index (χ4v) is 2.92. The summed E-state index contributed by atoms with van der Waals surface area (Å²) in [5.74, 6) is 0.185. The number of aromatic nitrogens is 2. The van der Waals surface area contributed by atoms with Gasteiger partial charge in [-0.05, 0) is 35.4 Å². The van der Waals surface area contributed by atoms with Crippen LogP contribution in [0.5, 0.6) is 0 Å². The third kappa shape index (κ3) is 3.07. The molecular formula is C21H17N3O2. The number of amides is 1. The summed E-state index contributed by atoms with van der Waals surface area (Å²) in [7, 11) is 0. The number of oxazole rings is 1. The monoisotopic (exact) mass is 343 g/mol. The first kappa shape index (κ1) is 16.0. The van der Waals surface area contributed by atoms with Crippen LogP contribution < -0.4 is 5.32 Å². The topological polar surface area (TPSA) is 68.0 Å². The van der Waals surface area contributed by atoms with E-state index in [0.29, 0.717) is 5.76 Å². The van der Waals surface area contributed by atoms with Crippen molar-refractivity contribution in [2.75, 3.05) is 0 Å². The van der Waals surface area contributed by atoms with Crippen molar-refractivity contribution in [2.45, 2.75) is 13.0 Å². The highest BCUT2D eigenvalue weighted by atomic mass is 16.3. The van der Waals surface area contributed by atoms with E-state index in [2.05, 4.69) is 15.3 Å². The maximum Gasteiger partial charge on any atom is 0.274 e. The molecule has 0 aliphatic carbocycles. The summed E-state index contributed by atoms with van der Waals surface area (Å²) in [6.45, 7) is 1.91. The summed E-state index contributed by atoms with van der Waals surface area (Å²) >= 11 is 0. The Morgan fingerprint density at radius 1 is 1.08 bits per heavy atom. The first-order chi connectivity index (χ1) is 12.7. The molecular weight excluding hydrogens is 326 g/mol. The van der Waals surface area contributed by atoms with Gasteiger partial charge in [-0.2, -0.15) is 0 Å². The molecule has 0 saturated heterocycles. The molecule has 1 N–H and O–H groups in total. The summed E-state index contributed by atoms with van der Waals surface area (Å²) in [5.41, 5.74) is 2.02. The number of nitrogens with zero attached hydrogens (tertiary/aromatic N) is 2. The van der Waals surface area contributed by atoms with Crippen LogP contribution in [0.25, 0.3) is 22.1 Å². The molecule has 2 heterocycles. The highest BCUT2D eigenvalue weighted by molar-refractivity contribution is 5.99. The number of pyridine rings is 1. The first-order valence-electron chi connectivity index (χ1n) is 8.36. The van der Waals surface area contributed by atoms with Crippen LogP contribution in [0.4, 0.5) is 0 Å². The highest BCUT2D eigenvalue weighted by Crippen LogP contribution is 2.27. The number of carbonyl (C=O) groups excluding carboxylic acids is 1. The van der Waals surface area contributed by atoms with Crippen LogP contribution in [0.2, 0.25) is 0 Å². The minimum absolute atomic E-state index is 0.183. The van der Waals surface area contributed by atoms with Gasteiger partial charge in [0.1, 0.15) is 0 Å². The van der Waals surface area contributed by atoms with Crippen LogP contribution in [-0.2, 0) is 0 Å². The van der Waals surface area contributed by atoms with E-state index in [-0.39, 0.29) is 17.6 Å². The molecule has 4 rings (SSSR count). The van der Waals surface area contributed by atoms with Gasteiger partial charge in [0, 0.05) is 18.0 Å².